The lowest BCUT2D eigenvalue weighted by Gasteiger charge is -2.26. The molecule has 1 fully saturated rings. The number of nitrogens with two attached hydrogens (primary N) is 1. The highest BCUT2D eigenvalue weighted by atomic mass is 16.5. The molecule has 1 aliphatic rings. The molecule has 0 saturated heterocycles. The maximum absolute atomic E-state index is 11.2. The van der Waals surface area contributed by atoms with Crippen LogP contribution < -0.4 is 17.1 Å². The number of rotatable bonds is 4. The number of aromatic amines is 2. The smallest absolute Gasteiger partial charge is 0.344 e. The fourth-order valence-corrected chi connectivity index (χ4v) is 2.10. The summed E-state index contributed by atoms with van der Waals surface area (Å²) in [6, 6.07) is 0.296. The molecular weight excluding hydrogens is 224 g/mol. The first kappa shape index (κ1) is 12.1. The van der Waals surface area contributed by atoms with Gasteiger partial charge in [-0.25, -0.2) is 24.4 Å². The van der Waals surface area contributed by atoms with E-state index >= 15 is 0 Å². The Labute approximate surface area is 97.9 Å². The van der Waals surface area contributed by atoms with E-state index in [0.717, 1.165) is 30.3 Å². The quantitative estimate of drug-likeness (QED) is 0.639. The van der Waals surface area contributed by atoms with Gasteiger partial charge < -0.3 is 10.5 Å². The van der Waals surface area contributed by atoms with Gasteiger partial charge in [-0.1, -0.05) is 0 Å². The van der Waals surface area contributed by atoms with Crippen molar-refractivity contribution in [2.45, 2.75) is 44.4 Å². The minimum atomic E-state index is -0.427. The van der Waals surface area contributed by atoms with Crippen molar-refractivity contribution in [3.63, 3.8) is 0 Å². The first-order valence-electron chi connectivity index (χ1n) is 5.91. The normalized spacial score (nSPS) is 25.0. The first-order chi connectivity index (χ1) is 8.16. The van der Waals surface area contributed by atoms with E-state index in [9.17, 15) is 9.59 Å². The van der Waals surface area contributed by atoms with Crippen molar-refractivity contribution in [1.82, 2.24) is 14.8 Å². The van der Waals surface area contributed by atoms with Crippen molar-refractivity contribution < 1.29 is 4.74 Å². The van der Waals surface area contributed by atoms with Gasteiger partial charge in [0.2, 0.25) is 0 Å². The third kappa shape index (κ3) is 3.07. The van der Waals surface area contributed by atoms with Crippen LogP contribution in [0.3, 0.4) is 0 Å². The number of aromatic nitrogens is 3. The van der Waals surface area contributed by atoms with Crippen LogP contribution in [0.2, 0.25) is 0 Å². The number of hydrogen-bond acceptors (Lipinski definition) is 4. The maximum Gasteiger partial charge on any atom is 0.344 e. The van der Waals surface area contributed by atoms with Gasteiger partial charge in [0.05, 0.1) is 19.3 Å². The van der Waals surface area contributed by atoms with E-state index < -0.39 is 11.4 Å². The minimum Gasteiger partial charge on any atom is -0.376 e. The summed E-state index contributed by atoms with van der Waals surface area (Å²) in [6.07, 6.45) is 4.09. The monoisotopic (exact) mass is 242 g/mol. The van der Waals surface area contributed by atoms with Crippen molar-refractivity contribution in [3.05, 3.63) is 21.0 Å². The van der Waals surface area contributed by atoms with E-state index in [1.807, 2.05) is 0 Å². The van der Waals surface area contributed by atoms with Crippen LogP contribution in [0.25, 0.3) is 0 Å². The predicted octanol–water partition coefficient (Wildman–Crippen LogP) is -0.849. The van der Waals surface area contributed by atoms with Gasteiger partial charge in [-0.2, -0.15) is 0 Å². The van der Waals surface area contributed by atoms with Crippen LogP contribution in [0.5, 0.6) is 0 Å². The lowest BCUT2D eigenvalue weighted by Crippen LogP contribution is -2.32. The third-order valence-electron chi connectivity index (χ3n) is 3.15. The molecular formula is C10H18N4O3. The van der Waals surface area contributed by atoms with Crippen molar-refractivity contribution in [3.8, 4) is 0 Å². The SMILES string of the molecule is NC1CCC(OCCn2c(=O)[nH][nH]c2=O)CC1. The molecule has 0 radical (unpaired) electrons. The average molecular weight is 242 g/mol. The lowest BCUT2D eigenvalue weighted by atomic mass is 9.94. The topological polar surface area (TPSA) is 106 Å². The summed E-state index contributed by atoms with van der Waals surface area (Å²) in [6.45, 7) is 0.654. The molecule has 0 atom stereocenters. The molecule has 0 bridgehead atoms. The molecule has 4 N–H and O–H groups in total. The first-order valence-corrected chi connectivity index (χ1v) is 5.91. The summed E-state index contributed by atoms with van der Waals surface area (Å²) in [7, 11) is 0. The Morgan fingerprint density at radius 3 is 2.35 bits per heavy atom. The van der Waals surface area contributed by atoms with Crippen molar-refractivity contribution in [2.24, 2.45) is 5.73 Å². The number of hydrogen-bond donors (Lipinski definition) is 3. The fraction of sp³-hybridized carbons (Fsp3) is 0.800. The van der Waals surface area contributed by atoms with Gasteiger partial charge in [0.15, 0.2) is 0 Å². The van der Waals surface area contributed by atoms with Gasteiger partial charge in [0, 0.05) is 6.04 Å². The summed E-state index contributed by atoms with van der Waals surface area (Å²) < 4.78 is 6.72. The third-order valence-corrected chi connectivity index (χ3v) is 3.15. The van der Waals surface area contributed by atoms with E-state index in [1.54, 1.807) is 0 Å². The van der Waals surface area contributed by atoms with E-state index in [1.165, 1.54) is 0 Å². The summed E-state index contributed by atoms with van der Waals surface area (Å²) in [5.74, 6) is 0. The second-order valence-corrected chi connectivity index (χ2v) is 4.42. The molecule has 0 unspecified atom stereocenters. The van der Waals surface area contributed by atoms with E-state index in [2.05, 4.69) is 10.2 Å². The van der Waals surface area contributed by atoms with Crippen LogP contribution in [0.4, 0.5) is 0 Å². The number of H-pyrrole nitrogens is 2. The molecule has 1 aliphatic carbocycles. The van der Waals surface area contributed by atoms with E-state index in [-0.39, 0.29) is 12.6 Å². The summed E-state index contributed by atoms with van der Waals surface area (Å²) in [4.78, 5) is 22.3. The van der Waals surface area contributed by atoms with Gasteiger partial charge >= 0.3 is 11.4 Å². The van der Waals surface area contributed by atoms with Crippen LogP contribution >= 0.6 is 0 Å². The summed E-state index contributed by atoms with van der Waals surface area (Å²) >= 11 is 0. The average Bonchev–Trinajstić information content (AvgIpc) is 2.63. The van der Waals surface area contributed by atoms with Crippen LogP contribution in [0.15, 0.2) is 9.59 Å². The summed E-state index contributed by atoms with van der Waals surface area (Å²) in [5, 5.41) is 4.46. The van der Waals surface area contributed by atoms with Crippen LogP contribution in [-0.4, -0.2) is 33.5 Å². The Morgan fingerprint density at radius 2 is 1.76 bits per heavy atom. The largest absolute Gasteiger partial charge is 0.376 e. The molecule has 1 saturated carbocycles. The number of ether oxygens (including phenoxy) is 1. The Bertz CT molecular complexity index is 425. The standard InChI is InChI=1S/C10H18N4O3/c11-7-1-3-8(4-2-7)17-6-5-14-9(15)12-13-10(14)16/h7-8H,1-6,11H2,(H,12,15)(H,13,16). The molecule has 17 heavy (non-hydrogen) atoms. The van der Waals surface area contributed by atoms with Crippen LogP contribution in [0, 0.1) is 0 Å². The second-order valence-electron chi connectivity index (χ2n) is 4.42. The highest BCUT2D eigenvalue weighted by Crippen LogP contribution is 2.19. The molecule has 0 aromatic carbocycles. The van der Waals surface area contributed by atoms with Gasteiger partial charge in [-0.15, -0.1) is 0 Å². The molecule has 1 aromatic rings. The van der Waals surface area contributed by atoms with Crippen LogP contribution in [-0.2, 0) is 11.3 Å². The Kier molecular flexibility index (Phi) is 3.80. The molecule has 0 aliphatic heterocycles. The molecule has 7 nitrogen and oxygen atoms in total. The van der Waals surface area contributed by atoms with Gasteiger partial charge in [-0.3, -0.25) is 0 Å². The number of nitrogens with one attached hydrogen (secondary N) is 2. The van der Waals surface area contributed by atoms with Crippen molar-refractivity contribution >= 4 is 0 Å². The molecule has 0 amide bonds. The Hall–Kier alpha value is -1.34. The minimum absolute atomic E-state index is 0.212. The lowest BCUT2D eigenvalue weighted by molar-refractivity contribution is 0.0203. The Morgan fingerprint density at radius 1 is 1.18 bits per heavy atom. The highest BCUT2D eigenvalue weighted by Gasteiger charge is 2.18. The zero-order valence-electron chi connectivity index (χ0n) is 9.65. The molecule has 2 rings (SSSR count). The fourth-order valence-electron chi connectivity index (χ4n) is 2.10. The van der Waals surface area contributed by atoms with Crippen molar-refractivity contribution in [2.75, 3.05) is 6.61 Å². The zero-order valence-corrected chi connectivity index (χ0v) is 9.65. The van der Waals surface area contributed by atoms with E-state index in [4.69, 9.17) is 10.5 Å². The molecule has 96 valence electrons. The zero-order chi connectivity index (χ0) is 12.3. The van der Waals surface area contributed by atoms with Crippen molar-refractivity contribution in [1.29, 1.82) is 0 Å². The van der Waals surface area contributed by atoms with Crippen LogP contribution in [0.1, 0.15) is 25.7 Å². The second kappa shape index (κ2) is 5.33. The summed E-state index contributed by atoms with van der Waals surface area (Å²) in [5.41, 5.74) is 4.94. The Balaban J connectivity index is 1.77. The molecule has 1 heterocycles. The van der Waals surface area contributed by atoms with Gasteiger partial charge in [-0.05, 0) is 25.7 Å². The van der Waals surface area contributed by atoms with Gasteiger partial charge in [0.25, 0.3) is 0 Å². The molecule has 1 aromatic heterocycles. The predicted molar refractivity (Wildman–Crippen MR) is 61.9 cm³/mol. The van der Waals surface area contributed by atoms with Gasteiger partial charge in [0.1, 0.15) is 0 Å². The molecule has 7 heteroatoms. The maximum atomic E-state index is 11.2. The molecule has 0 spiro atoms. The van der Waals surface area contributed by atoms with E-state index in [0.29, 0.717) is 12.6 Å². The number of nitrogens with zero attached hydrogens (tertiary/aromatic N) is 1. The highest BCUT2D eigenvalue weighted by molar-refractivity contribution is 4.74.